The summed E-state index contributed by atoms with van der Waals surface area (Å²) in [6, 6.07) is 10.6. The van der Waals surface area contributed by atoms with E-state index in [1.54, 1.807) is 24.3 Å². The Kier molecular flexibility index (Phi) is 9.45. The van der Waals surface area contributed by atoms with Crippen LogP contribution in [-0.2, 0) is 26.2 Å². The number of alkyl halides is 3. The van der Waals surface area contributed by atoms with Crippen LogP contribution in [0.2, 0.25) is 0 Å². The number of aromatic nitrogens is 3. The van der Waals surface area contributed by atoms with Crippen molar-refractivity contribution in [1.82, 2.24) is 29.7 Å². The number of hydrogen-bond donors (Lipinski definition) is 3. The lowest BCUT2D eigenvalue weighted by Crippen LogP contribution is -2.45. The number of likely N-dealkylation sites (N-methyl/N-ethyl adjacent to an activating group) is 1. The maximum absolute atomic E-state index is 14.2. The molecule has 1 fully saturated rings. The zero-order chi connectivity index (χ0) is 34.9. The van der Waals surface area contributed by atoms with Crippen molar-refractivity contribution < 1.29 is 22.8 Å². The van der Waals surface area contributed by atoms with Crippen molar-refractivity contribution in [2.75, 3.05) is 50.3 Å². The fourth-order valence-electron chi connectivity index (χ4n) is 6.24. The van der Waals surface area contributed by atoms with E-state index in [0.717, 1.165) is 37.0 Å². The first-order valence-electron chi connectivity index (χ1n) is 16.1. The summed E-state index contributed by atoms with van der Waals surface area (Å²) in [7, 11) is 1.86. The second-order valence-corrected chi connectivity index (χ2v) is 12.3. The fourth-order valence-corrected chi connectivity index (χ4v) is 6.24. The van der Waals surface area contributed by atoms with Gasteiger partial charge in [-0.05, 0) is 54.9 Å². The summed E-state index contributed by atoms with van der Waals surface area (Å²) in [5.41, 5.74) is 9.99. The van der Waals surface area contributed by atoms with Gasteiger partial charge < -0.3 is 25.8 Å². The minimum atomic E-state index is -4.58. The molecule has 4 N–H and O–H groups in total. The molecule has 0 saturated carbocycles. The molecule has 254 valence electrons. The van der Waals surface area contributed by atoms with Gasteiger partial charge in [-0.1, -0.05) is 30.9 Å². The number of nitrogens with two attached hydrogens (primary N) is 1. The summed E-state index contributed by atoms with van der Waals surface area (Å²) in [6.07, 6.45) is -2.40. The molecule has 0 radical (unpaired) electrons. The molecule has 0 aliphatic carbocycles. The maximum atomic E-state index is 14.2. The number of nitrogens with one attached hydrogen (secondary N) is 2. The molecule has 13 heteroatoms. The van der Waals surface area contributed by atoms with E-state index in [0.29, 0.717) is 54.1 Å². The van der Waals surface area contributed by atoms with E-state index in [1.165, 1.54) is 18.3 Å². The van der Waals surface area contributed by atoms with Crippen molar-refractivity contribution in [2.24, 2.45) is 7.05 Å². The minimum Gasteiger partial charge on any atom is -0.368 e. The number of fused-ring (bicyclic) bond motifs is 1. The molecule has 0 spiro atoms. The van der Waals surface area contributed by atoms with E-state index in [-0.39, 0.29) is 35.2 Å². The van der Waals surface area contributed by atoms with Crippen LogP contribution >= 0.6 is 0 Å². The minimum absolute atomic E-state index is 0.0488. The molecule has 10 nitrogen and oxygen atoms in total. The first-order chi connectivity index (χ1) is 23.4. The van der Waals surface area contributed by atoms with Crippen LogP contribution in [0.25, 0.3) is 11.4 Å². The molecule has 49 heavy (non-hydrogen) atoms. The van der Waals surface area contributed by atoms with E-state index in [4.69, 9.17) is 5.73 Å². The predicted octanol–water partition coefficient (Wildman–Crippen LogP) is 4.47. The van der Waals surface area contributed by atoms with Gasteiger partial charge in [-0.3, -0.25) is 14.5 Å². The Labute approximate surface area is 282 Å². The van der Waals surface area contributed by atoms with Crippen LogP contribution in [0.1, 0.15) is 61.2 Å². The third-order valence-corrected chi connectivity index (χ3v) is 9.11. The SMILES string of the molecule is CCN1CCN(Cc2ccc(NC(=O)c3ccc(C)c(C#Cc4cnc(N)nc4-c4cc5c(n4C)CCNC5=O)c3)cc2C(F)(F)F)CC1. The molecular formula is C36H37F3N8O2. The van der Waals surface area contributed by atoms with Gasteiger partial charge in [0.15, 0.2) is 0 Å². The first-order valence-corrected chi connectivity index (χ1v) is 16.1. The van der Waals surface area contributed by atoms with Crippen LogP contribution in [0.5, 0.6) is 0 Å². The van der Waals surface area contributed by atoms with Crippen molar-refractivity contribution >= 4 is 23.5 Å². The standard InChI is InChI=1S/C36H37F3N8O2/c1-4-46-13-15-47(16-14-46)21-26-9-10-27(18-29(26)36(37,38)39)43-33(48)24-6-5-22(2)23(17-24)7-8-25-20-42-35(40)44-32(25)31-19-28-30(45(31)3)11-12-41-34(28)49/h5-6,9-10,17-20H,4,11-16,21H2,1-3H3,(H,41,49)(H,43,48)(H2,40,42,44). The average molecular weight is 671 g/mol. The van der Waals surface area contributed by atoms with Crippen LogP contribution in [-0.4, -0.2) is 75.4 Å². The van der Waals surface area contributed by atoms with Gasteiger partial charge in [-0.25, -0.2) is 9.97 Å². The van der Waals surface area contributed by atoms with Crippen LogP contribution in [0, 0.1) is 18.8 Å². The molecule has 2 aliphatic heterocycles. The highest BCUT2D eigenvalue weighted by molar-refractivity contribution is 6.04. The van der Waals surface area contributed by atoms with Crippen LogP contribution in [0.15, 0.2) is 48.7 Å². The molecule has 0 atom stereocenters. The molecule has 6 rings (SSSR count). The molecule has 4 aromatic rings. The number of benzene rings is 2. The number of anilines is 2. The van der Waals surface area contributed by atoms with Gasteiger partial charge in [0.2, 0.25) is 5.95 Å². The summed E-state index contributed by atoms with van der Waals surface area (Å²) in [6.45, 7) is 8.58. The van der Waals surface area contributed by atoms with Crippen molar-refractivity contribution in [2.45, 2.75) is 33.0 Å². The molecule has 2 aromatic carbocycles. The van der Waals surface area contributed by atoms with E-state index >= 15 is 0 Å². The summed E-state index contributed by atoms with van der Waals surface area (Å²) in [5, 5.41) is 5.47. The molecule has 2 amide bonds. The highest BCUT2D eigenvalue weighted by Gasteiger charge is 2.34. The molecule has 0 bridgehead atoms. The van der Waals surface area contributed by atoms with Gasteiger partial charge in [0.05, 0.1) is 22.4 Å². The second-order valence-electron chi connectivity index (χ2n) is 12.3. The number of aryl methyl sites for hydroxylation is 1. The van der Waals surface area contributed by atoms with Gasteiger partial charge in [-0.2, -0.15) is 13.2 Å². The van der Waals surface area contributed by atoms with Crippen molar-refractivity contribution in [3.05, 3.63) is 93.3 Å². The lowest BCUT2D eigenvalue weighted by Gasteiger charge is -2.34. The zero-order valence-electron chi connectivity index (χ0n) is 27.5. The Morgan fingerprint density at radius 3 is 2.49 bits per heavy atom. The lowest BCUT2D eigenvalue weighted by atomic mass is 10.0. The number of rotatable bonds is 6. The van der Waals surface area contributed by atoms with Crippen LogP contribution in [0.3, 0.4) is 0 Å². The Hall–Kier alpha value is -5.19. The van der Waals surface area contributed by atoms with Crippen molar-refractivity contribution in [1.29, 1.82) is 0 Å². The van der Waals surface area contributed by atoms with Gasteiger partial charge in [-0.15, -0.1) is 0 Å². The number of carbonyl (C=O) groups is 2. The quantitative estimate of drug-likeness (QED) is 0.259. The third kappa shape index (κ3) is 7.30. The smallest absolute Gasteiger partial charge is 0.368 e. The molecular weight excluding hydrogens is 633 g/mol. The Morgan fingerprint density at radius 1 is 1.04 bits per heavy atom. The summed E-state index contributed by atoms with van der Waals surface area (Å²) < 4.78 is 44.4. The monoisotopic (exact) mass is 670 g/mol. The van der Waals surface area contributed by atoms with Gasteiger partial charge in [0.25, 0.3) is 11.8 Å². The van der Waals surface area contributed by atoms with E-state index in [9.17, 15) is 22.8 Å². The Balaban J connectivity index is 1.24. The second kappa shape index (κ2) is 13.7. The maximum Gasteiger partial charge on any atom is 0.416 e. The number of nitrogens with zero attached hydrogens (tertiary/aromatic N) is 5. The largest absolute Gasteiger partial charge is 0.416 e. The van der Waals surface area contributed by atoms with E-state index < -0.39 is 17.6 Å². The lowest BCUT2D eigenvalue weighted by molar-refractivity contribution is -0.138. The van der Waals surface area contributed by atoms with Crippen LogP contribution < -0.4 is 16.4 Å². The molecule has 0 unspecified atom stereocenters. The highest BCUT2D eigenvalue weighted by Crippen LogP contribution is 2.35. The molecule has 2 aliphatic rings. The number of piperazine rings is 1. The number of nitrogen functional groups attached to an aromatic ring is 1. The average Bonchev–Trinajstić information content (AvgIpc) is 3.42. The zero-order valence-corrected chi connectivity index (χ0v) is 27.5. The predicted molar refractivity (Wildman–Crippen MR) is 181 cm³/mol. The summed E-state index contributed by atoms with van der Waals surface area (Å²) in [5.74, 6) is 5.51. The van der Waals surface area contributed by atoms with Crippen molar-refractivity contribution in [3.8, 4) is 23.2 Å². The number of amides is 2. The van der Waals surface area contributed by atoms with Crippen LogP contribution in [0.4, 0.5) is 24.8 Å². The van der Waals surface area contributed by atoms with E-state index in [1.807, 2.05) is 23.4 Å². The normalized spacial score (nSPS) is 15.3. The highest BCUT2D eigenvalue weighted by atomic mass is 19.4. The molecule has 2 aromatic heterocycles. The van der Waals surface area contributed by atoms with Gasteiger partial charge in [0.1, 0.15) is 5.69 Å². The van der Waals surface area contributed by atoms with Crippen molar-refractivity contribution in [3.63, 3.8) is 0 Å². The van der Waals surface area contributed by atoms with Gasteiger partial charge >= 0.3 is 6.18 Å². The number of halogens is 3. The topological polar surface area (TPSA) is 121 Å². The number of carbonyl (C=O) groups excluding carboxylic acids is 2. The summed E-state index contributed by atoms with van der Waals surface area (Å²) in [4.78, 5) is 38.6. The van der Waals surface area contributed by atoms with Gasteiger partial charge in [0, 0.05) is 81.4 Å². The summed E-state index contributed by atoms with van der Waals surface area (Å²) >= 11 is 0. The Bertz CT molecular complexity index is 1980. The third-order valence-electron chi connectivity index (χ3n) is 9.11. The molecule has 1 saturated heterocycles. The Morgan fingerprint density at radius 2 is 1.78 bits per heavy atom. The molecule has 4 heterocycles. The number of hydrogen-bond acceptors (Lipinski definition) is 7. The first kappa shape index (κ1) is 33.7. The van der Waals surface area contributed by atoms with E-state index in [2.05, 4.69) is 44.3 Å². The fraction of sp³-hybridized carbons (Fsp3) is 0.333.